The number of aromatic nitrogens is 3. The van der Waals surface area contributed by atoms with Crippen LogP contribution in [0.3, 0.4) is 0 Å². The van der Waals surface area contributed by atoms with Crippen molar-refractivity contribution in [2.24, 2.45) is 0 Å². The van der Waals surface area contributed by atoms with E-state index >= 15 is 0 Å². The summed E-state index contributed by atoms with van der Waals surface area (Å²) >= 11 is 1.40. The second kappa shape index (κ2) is 11.0. The van der Waals surface area contributed by atoms with Crippen LogP contribution >= 0.6 is 11.8 Å². The van der Waals surface area contributed by atoms with Gasteiger partial charge in [-0.1, -0.05) is 42.1 Å². The number of ether oxygens (including phenoxy) is 1. The number of amides is 2. The predicted octanol–water partition coefficient (Wildman–Crippen LogP) is 1.83. The molecule has 2 amide bonds. The average Bonchev–Trinajstić information content (AvgIpc) is 3.59. The first-order valence-corrected chi connectivity index (χ1v) is 12.7. The van der Waals surface area contributed by atoms with Gasteiger partial charge in [-0.3, -0.25) is 14.2 Å². The number of hydrogen-bond acceptors (Lipinski definition) is 8. The molecule has 2 aromatic heterocycles. The van der Waals surface area contributed by atoms with Crippen molar-refractivity contribution >= 4 is 29.5 Å². The largest absolute Gasteiger partial charge is 0.459 e. The summed E-state index contributed by atoms with van der Waals surface area (Å²) in [6.45, 7) is 5.45. The minimum absolute atomic E-state index is 0.0299. The zero-order valence-corrected chi connectivity index (χ0v) is 20.2. The molecular weight excluding hydrogens is 468 g/mol. The van der Waals surface area contributed by atoms with E-state index in [0.29, 0.717) is 51.7 Å². The standard InChI is InChI=1S/C24H28N6O4S/c31-21(27-8-10-28(11-9-27)22(32)20-7-4-14-34-20)18-35-24-26-25-23(29-12-15-33-16-13-29)30(24)17-19-5-2-1-3-6-19/h1-7,14H,8-13,15-18H2. The molecule has 0 spiro atoms. The van der Waals surface area contributed by atoms with Crippen molar-refractivity contribution in [1.82, 2.24) is 24.6 Å². The molecule has 2 fully saturated rings. The Kier molecular flexibility index (Phi) is 7.34. The van der Waals surface area contributed by atoms with Crippen LogP contribution in [0.5, 0.6) is 0 Å². The molecule has 0 saturated carbocycles. The first-order chi connectivity index (χ1) is 17.2. The summed E-state index contributed by atoms with van der Waals surface area (Å²) in [5, 5.41) is 9.61. The number of hydrogen-bond donors (Lipinski definition) is 0. The van der Waals surface area contributed by atoms with E-state index < -0.39 is 0 Å². The summed E-state index contributed by atoms with van der Waals surface area (Å²) in [5.74, 6) is 1.29. The molecule has 0 radical (unpaired) electrons. The normalized spacial score (nSPS) is 16.5. The number of nitrogens with zero attached hydrogens (tertiary/aromatic N) is 6. The molecule has 3 aromatic rings. The molecule has 2 aliphatic heterocycles. The van der Waals surface area contributed by atoms with Gasteiger partial charge in [0.15, 0.2) is 10.9 Å². The Balaban J connectivity index is 1.21. The monoisotopic (exact) mass is 496 g/mol. The Hall–Kier alpha value is -3.31. The fraction of sp³-hybridized carbons (Fsp3) is 0.417. The number of carbonyl (C=O) groups is 2. The molecule has 1 aromatic carbocycles. The highest BCUT2D eigenvalue weighted by atomic mass is 32.2. The number of rotatable bonds is 7. The highest BCUT2D eigenvalue weighted by Gasteiger charge is 2.27. The van der Waals surface area contributed by atoms with Crippen LogP contribution in [-0.2, 0) is 16.1 Å². The van der Waals surface area contributed by atoms with Gasteiger partial charge in [-0.15, -0.1) is 10.2 Å². The van der Waals surface area contributed by atoms with Gasteiger partial charge in [0.1, 0.15) is 0 Å². The maximum Gasteiger partial charge on any atom is 0.289 e. The fourth-order valence-corrected chi connectivity index (χ4v) is 5.06. The van der Waals surface area contributed by atoms with E-state index in [2.05, 4.69) is 31.8 Å². The number of carbonyl (C=O) groups excluding carboxylic acids is 2. The van der Waals surface area contributed by atoms with Crippen LogP contribution < -0.4 is 4.90 Å². The molecule has 2 aliphatic rings. The first-order valence-electron chi connectivity index (χ1n) is 11.7. The number of benzene rings is 1. The van der Waals surface area contributed by atoms with E-state index in [4.69, 9.17) is 9.15 Å². The van der Waals surface area contributed by atoms with Crippen LogP contribution in [0.4, 0.5) is 5.95 Å². The highest BCUT2D eigenvalue weighted by Crippen LogP contribution is 2.25. The molecule has 0 bridgehead atoms. The maximum atomic E-state index is 13.0. The van der Waals surface area contributed by atoms with Gasteiger partial charge in [0.25, 0.3) is 5.91 Å². The van der Waals surface area contributed by atoms with Gasteiger partial charge < -0.3 is 23.9 Å². The van der Waals surface area contributed by atoms with E-state index in [0.717, 1.165) is 29.8 Å². The number of piperazine rings is 1. The molecule has 4 heterocycles. The van der Waals surface area contributed by atoms with Crippen molar-refractivity contribution in [1.29, 1.82) is 0 Å². The number of anilines is 1. The van der Waals surface area contributed by atoms with Crippen LogP contribution in [-0.4, -0.2) is 94.6 Å². The Morgan fingerprint density at radius 2 is 1.63 bits per heavy atom. The third-order valence-corrected chi connectivity index (χ3v) is 7.10. The number of morpholine rings is 1. The molecule has 11 heteroatoms. The van der Waals surface area contributed by atoms with Crippen LogP contribution in [0.2, 0.25) is 0 Å². The van der Waals surface area contributed by atoms with Gasteiger partial charge in [0.2, 0.25) is 11.9 Å². The molecule has 10 nitrogen and oxygen atoms in total. The number of furan rings is 1. The second-order valence-electron chi connectivity index (χ2n) is 8.39. The molecule has 184 valence electrons. The SMILES string of the molecule is O=C(CSc1nnc(N2CCOCC2)n1Cc1ccccc1)N1CCN(C(=O)c2ccco2)CC1. The molecule has 2 saturated heterocycles. The van der Waals surface area contributed by atoms with E-state index in [1.807, 2.05) is 18.2 Å². The van der Waals surface area contributed by atoms with E-state index in [1.165, 1.54) is 18.0 Å². The van der Waals surface area contributed by atoms with Crippen molar-refractivity contribution in [3.8, 4) is 0 Å². The Morgan fingerprint density at radius 3 is 2.34 bits per heavy atom. The van der Waals surface area contributed by atoms with Crippen molar-refractivity contribution < 1.29 is 18.7 Å². The maximum absolute atomic E-state index is 13.0. The lowest BCUT2D eigenvalue weighted by Gasteiger charge is -2.34. The van der Waals surface area contributed by atoms with Gasteiger partial charge in [0, 0.05) is 39.3 Å². The van der Waals surface area contributed by atoms with Crippen molar-refractivity contribution in [3.63, 3.8) is 0 Å². The molecule has 0 N–H and O–H groups in total. The molecule has 0 unspecified atom stereocenters. The second-order valence-corrected chi connectivity index (χ2v) is 9.34. The molecular formula is C24H28N6O4S. The van der Waals surface area contributed by atoms with Gasteiger partial charge in [-0.05, 0) is 17.7 Å². The van der Waals surface area contributed by atoms with Crippen LogP contribution in [0, 0.1) is 0 Å². The summed E-state index contributed by atoms with van der Waals surface area (Å²) in [4.78, 5) is 31.1. The Bertz CT molecular complexity index is 1120. The summed E-state index contributed by atoms with van der Waals surface area (Å²) in [5.41, 5.74) is 1.15. The topological polar surface area (TPSA) is 96.9 Å². The van der Waals surface area contributed by atoms with Crippen LogP contribution in [0.15, 0.2) is 58.3 Å². The smallest absolute Gasteiger partial charge is 0.289 e. The van der Waals surface area contributed by atoms with Gasteiger partial charge in [0.05, 0.1) is 31.8 Å². The lowest BCUT2D eigenvalue weighted by molar-refractivity contribution is -0.129. The van der Waals surface area contributed by atoms with E-state index in [1.54, 1.807) is 21.9 Å². The van der Waals surface area contributed by atoms with Crippen LogP contribution in [0.25, 0.3) is 0 Å². The lowest BCUT2D eigenvalue weighted by Crippen LogP contribution is -2.51. The number of thioether (sulfide) groups is 1. The van der Waals surface area contributed by atoms with E-state index in [9.17, 15) is 9.59 Å². The zero-order valence-electron chi connectivity index (χ0n) is 19.4. The summed E-state index contributed by atoms with van der Waals surface area (Å²) in [7, 11) is 0. The zero-order chi connectivity index (χ0) is 24.0. The third kappa shape index (κ3) is 5.51. The predicted molar refractivity (Wildman–Crippen MR) is 131 cm³/mol. The molecule has 35 heavy (non-hydrogen) atoms. The third-order valence-electron chi connectivity index (χ3n) is 6.15. The van der Waals surface area contributed by atoms with Crippen molar-refractivity contribution in [2.45, 2.75) is 11.7 Å². The first kappa shape index (κ1) is 23.4. The van der Waals surface area contributed by atoms with Crippen molar-refractivity contribution in [3.05, 3.63) is 60.1 Å². The fourth-order valence-electron chi connectivity index (χ4n) is 4.22. The molecule has 0 atom stereocenters. The Morgan fingerprint density at radius 1 is 0.886 bits per heavy atom. The van der Waals surface area contributed by atoms with Crippen molar-refractivity contribution in [2.75, 3.05) is 63.1 Å². The lowest BCUT2D eigenvalue weighted by atomic mass is 10.2. The van der Waals surface area contributed by atoms with Crippen LogP contribution in [0.1, 0.15) is 16.1 Å². The quantitative estimate of drug-likeness (QED) is 0.457. The van der Waals surface area contributed by atoms with Gasteiger partial charge in [-0.25, -0.2) is 0 Å². The molecule has 5 rings (SSSR count). The minimum atomic E-state index is -0.138. The highest BCUT2D eigenvalue weighted by molar-refractivity contribution is 7.99. The average molecular weight is 497 g/mol. The summed E-state index contributed by atoms with van der Waals surface area (Å²) in [6, 6.07) is 13.5. The summed E-state index contributed by atoms with van der Waals surface area (Å²) in [6.07, 6.45) is 1.49. The van der Waals surface area contributed by atoms with Gasteiger partial charge in [-0.2, -0.15) is 0 Å². The molecule has 0 aliphatic carbocycles. The summed E-state index contributed by atoms with van der Waals surface area (Å²) < 4.78 is 12.8. The van der Waals surface area contributed by atoms with Gasteiger partial charge >= 0.3 is 0 Å². The van der Waals surface area contributed by atoms with E-state index in [-0.39, 0.29) is 17.6 Å². The Labute approximate surface area is 207 Å². The minimum Gasteiger partial charge on any atom is -0.459 e.